The molecule has 2 N–H and O–H groups in total. The summed E-state index contributed by atoms with van der Waals surface area (Å²) in [6.07, 6.45) is 0.713. The summed E-state index contributed by atoms with van der Waals surface area (Å²) in [5.74, 6) is 5.09. The number of hydrogen-bond donors (Lipinski definition) is 1. The monoisotopic (exact) mass is 294 g/mol. The van der Waals surface area contributed by atoms with E-state index in [1.54, 1.807) is 6.07 Å². The fourth-order valence-electron chi connectivity index (χ4n) is 1.67. The van der Waals surface area contributed by atoms with Crippen LogP contribution in [-0.4, -0.2) is 0 Å². The highest BCUT2D eigenvalue weighted by Gasteiger charge is 2.07. The first-order valence-corrected chi connectivity index (χ1v) is 5.90. The molecule has 0 aliphatic heterocycles. The summed E-state index contributed by atoms with van der Waals surface area (Å²) < 4.78 is 14.7. The second kappa shape index (κ2) is 5.29. The lowest BCUT2D eigenvalue weighted by atomic mass is 10.0. The maximum atomic E-state index is 13.7. The molecule has 0 aliphatic carbocycles. The molecule has 0 aromatic heterocycles. The zero-order chi connectivity index (χ0) is 12.3. The molecule has 0 bridgehead atoms. The molecular formula is C13H12BrFN2. The van der Waals surface area contributed by atoms with Gasteiger partial charge >= 0.3 is 0 Å². The number of halogens is 2. The number of benzene rings is 2. The van der Waals surface area contributed by atoms with E-state index >= 15 is 0 Å². The first-order chi connectivity index (χ1) is 8.16. The maximum absolute atomic E-state index is 13.7. The molecule has 0 aliphatic rings. The van der Waals surface area contributed by atoms with E-state index in [0.717, 1.165) is 15.2 Å². The third kappa shape index (κ3) is 3.05. The average molecular weight is 295 g/mol. The van der Waals surface area contributed by atoms with Gasteiger partial charge in [-0.15, -0.1) is 0 Å². The zero-order valence-electron chi connectivity index (χ0n) is 9.11. The Hall–Kier alpha value is -1.39. The van der Waals surface area contributed by atoms with E-state index in [0.29, 0.717) is 12.1 Å². The number of nitrogens with zero attached hydrogens (tertiary/aromatic N) is 1. The molecule has 0 atom stereocenters. The van der Waals surface area contributed by atoms with Gasteiger partial charge < -0.3 is 0 Å². The minimum absolute atomic E-state index is 0.321. The number of rotatable bonds is 3. The SMILES string of the molecule is NN(Br)c1ccc(Cc2ccccc2)cc1F. The first-order valence-electron chi connectivity index (χ1n) is 5.20. The molecule has 4 heteroatoms. The topological polar surface area (TPSA) is 29.3 Å². The van der Waals surface area contributed by atoms with Crippen LogP contribution in [0.3, 0.4) is 0 Å². The van der Waals surface area contributed by atoms with Crippen LogP contribution >= 0.6 is 16.1 Å². The lowest BCUT2D eigenvalue weighted by Crippen LogP contribution is -2.18. The van der Waals surface area contributed by atoms with Gasteiger partial charge in [0.25, 0.3) is 0 Å². The van der Waals surface area contributed by atoms with Gasteiger partial charge in [-0.05, 0) is 29.7 Å². The number of anilines is 1. The van der Waals surface area contributed by atoms with Crippen LogP contribution in [0.2, 0.25) is 0 Å². The largest absolute Gasteiger partial charge is 0.242 e. The molecule has 2 rings (SSSR count). The Morgan fingerprint density at radius 3 is 2.35 bits per heavy atom. The van der Waals surface area contributed by atoms with Crippen molar-refractivity contribution in [2.45, 2.75) is 6.42 Å². The van der Waals surface area contributed by atoms with Crippen molar-refractivity contribution >= 4 is 21.8 Å². The van der Waals surface area contributed by atoms with Gasteiger partial charge in [0, 0.05) is 0 Å². The molecule has 0 saturated carbocycles. The van der Waals surface area contributed by atoms with Gasteiger partial charge in [0.15, 0.2) is 0 Å². The standard InChI is InChI=1S/C13H12BrFN2/c14-17(16)13-7-6-11(9-12(13)15)8-10-4-2-1-3-5-10/h1-7,9H,8,16H2. The van der Waals surface area contributed by atoms with Crippen molar-refractivity contribution in [3.8, 4) is 0 Å². The van der Waals surface area contributed by atoms with E-state index in [1.807, 2.05) is 36.4 Å². The van der Waals surface area contributed by atoms with Crippen LogP contribution in [0.25, 0.3) is 0 Å². The van der Waals surface area contributed by atoms with E-state index in [1.165, 1.54) is 6.07 Å². The third-order valence-electron chi connectivity index (χ3n) is 2.49. The molecule has 0 saturated heterocycles. The second-order valence-electron chi connectivity index (χ2n) is 3.76. The van der Waals surface area contributed by atoms with Gasteiger partial charge in [-0.2, -0.15) is 0 Å². The predicted octanol–water partition coefficient (Wildman–Crippen LogP) is 3.41. The van der Waals surface area contributed by atoms with E-state index in [4.69, 9.17) is 5.84 Å². The molecule has 0 radical (unpaired) electrons. The number of hydrogen-bond acceptors (Lipinski definition) is 2. The summed E-state index contributed by atoms with van der Waals surface area (Å²) in [7, 11) is 0. The Morgan fingerprint density at radius 2 is 1.76 bits per heavy atom. The van der Waals surface area contributed by atoms with Crippen LogP contribution in [0.15, 0.2) is 48.5 Å². The van der Waals surface area contributed by atoms with Gasteiger partial charge in [-0.25, -0.2) is 14.3 Å². The summed E-state index contributed by atoms with van der Waals surface area (Å²) in [5.41, 5.74) is 2.40. The van der Waals surface area contributed by atoms with Gasteiger partial charge in [0.2, 0.25) is 0 Å². The summed E-state index contributed by atoms with van der Waals surface area (Å²) in [6.45, 7) is 0. The van der Waals surface area contributed by atoms with E-state index in [9.17, 15) is 4.39 Å². The first kappa shape index (κ1) is 12.1. The molecule has 88 valence electrons. The Bertz CT molecular complexity index is 500. The summed E-state index contributed by atoms with van der Waals surface area (Å²) >= 11 is 3.00. The van der Waals surface area contributed by atoms with E-state index in [-0.39, 0.29) is 5.82 Å². The minimum Gasteiger partial charge on any atom is -0.242 e. The molecule has 2 aromatic carbocycles. The normalized spacial score (nSPS) is 10.3. The van der Waals surface area contributed by atoms with Crippen molar-refractivity contribution < 1.29 is 4.39 Å². The highest BCUT2D eigenvalue weighted by molar-refractivity contribution is 9.10. The van der Waals surface area contributed by atoms with Crippen molar-refractivity contribution in [3.63, 3.8) is 0 Å². The molecule has 0 unspecified atom stereocenters. The summed E-state index contributed by atoms with van der Waals surface area (Å²) in [5, 5.41) is 0. The molecule has 0 fully saturated rings. The van der Waals surface area contributed by atoms with Crippen LogP contribution in [0.5, 0.6) is 0 Å². The fraction of sp³-hybridized carbons (Fsp3) is 0.0769. The Morgan fingerprint density at radius 1 is 1.06 bits per heavy atom. The third-order valence-corrected chi connectivity index (χ3v) is 2.88. The van der Waals surface area contributed by atoms with E-state index in [2.05, 4.69) is 16.1 Å². The summed E-state index contributed by atoms with van der Waals surface area (Å²) in [6, 6.07) is 15.0. The molecular weight excluding hydrogens is 283 g/mol. The van der Waals surface area contributed by atoms with E-state index < -0.39 is 0 Å². The van der Waals surface area contributed by atoms with Gasteiger partial charge in [0.1, 0.15) is 11.5 Å². The fourth-order valence-corrected chi connectivity index (χ4v) is 1.95. The maximum Gasteiger partial charge on any atom is 0.149 e. The number of hydrazine groups is 1. The molecule has 2 nitrogen and oxygen atoms in total. The lowest BCUT2D eigenvalue weighted by Gasteiger charge is -2.11. The molecule has 17 heavy (non-hydrogen) atoms. The van der Waals surface area contributed by atoms with Crippen molar-refractivity contribution in [1.82, 2.24) is 0 Å². The Kier molecular flexibility index (Phi) is 3.76. The van der Waals surface area contributed by atoms with Gasteiger partial charge in [0.05, 0.1) is 16.1 Å². The second-order valence-corrected chi connectivity index (χ2v) is 4.52. The highest BCUT2D eigenvalue weighted by atomic mass is 79.9. The van der Waals surface area contributed by atoms with Crippen LogP contribution in [-0.2, 0) is 6.42 Å². The Labute approximate surface area is 108 Å². The quantitative estimate of drug-likeness (QED) is 0.534. The number of nitrogens with two attached hydrogens (primary N) is 1. The van der Waals surface area contributed by atoms with Gasteiger partial charge in [-0.3, -0.25) is 0 Å². The van der Waals surface area contributed by atoms with Crippen molar-refractivity contribution in [2.24, 2.45) is 5.84 Å². The van der Waals surface area contributed by atoms with Crippen molar-refractivity contribution in [2.75, 3.05) is 4.03 Å². The lowest BCUT2D eigenvalue weighted by molar-refractivity contribution is 0.626. The highest BCUT2D eigenvalue weighted by Crippen LogP contribution is 2.21. The van der Waals surface area contributed by atoms with Crippen LogP contribution in [0, 0.1) is 5.82 Å². The smallest absolute Gasteiger partial charge is 0.149 e. The zero-order valence-corrected chi connectivity index (χ0v) is 10.7. The Balaban J connectivity index is 2.21. The molecule has 0 amide bonds. The molecule has 0 heterocycles. The van der Waals surface area contributed by atoms with Crippen LogP contribution in [0.4, 0.5) is 10.1 Å². The van der Waals surface area contributed by atoms with Crippen molar-refractivity contribution in [1.29, 1.82) is 0 Å². The van der Waals surface area contributed by atoms with Crippen LogP contribution < -0.4 is 9.88 Å². The minimum atomic E-state index is -0.335. The summed E-state index contributed by atoms with van der Waals surface area (Å²) in [4.78, 5) is 0. The van der Waals surface area contributed by atoms with Crippen LogP contribution in [0.1, 0.15) is 11.1 Å². The average Bonchev–Trinajstić information content (AvgIpc) is 2.30. The molecule has 0 spiro atoms. The molecule has 2 aromatic rings. The van der Waals surface area contributed by atoms with Gasteiger partial charge in [-0.1, -0.05) is 36.4 Å². The van der Waals surface area contributed by atoms with Crippen molar-refractivity contribution in [3.05, 3.63) is 65.5 Å². The predicted molar refractivity (Wildman–Crippen MR) is 71.2 cm³/mol.